The molecule has 5 unspecified atom stereocenters. The van der Waals surface area contributed by atoms with Crippen LogP contribution in [0.25, 0.3) is 0 Å². The third-order valence-corrected chi connectivity index (χ3v) is 4.13. The van der Waals surface area contributed by atoms with Crippen LogP contribution >= 0.6 is 0 Å². The highest BCUT2D eigenvalue weighted by Gasteiger charge is 2.57. The summed E-state index contributed by atoms with van der Waals surface area (Å²) in [5, 5.41) is 0. The van der Waals surface area contributed by atoms with Crippen LogP contribution < -0.4 is 0 Å². The van der Waals surface area contributed by atoms with Gasteiger partial charge in [-0.05, 0) is 13.3 Å². The quantitative estimate of drug-likeness (QED) is 0.396. The molecular weight excluding hydrogens is 304 g/mol. The van der Waals surface area contributed by atoms with Crippen LogP contribution in [0, 0.1) is 11.8 Å². The maximum atomic E-state index is 12.0. The molecule has 0 bridgehead atoms. The van der Waals surface area contributed by atoms with Gasteiger partial charge >= 0.3 is 17.9 Å². The van der Waals surface area contributed by atoms with Crippen LogP contribution in [0.4, 0.5) is 0 Å². The van der Waals surface area contributed by atoms with Crippen LogP contribution in [0.3, 0.4) is 0 Å². The van der Waals surface area contributed by atoms with Crippen molar-refractivity contribution in [3.05, 3.63) is 12.7 Å². The Hall–Kier alpha value is -1.89. The molecule has 0 aliphatic carbocycles. The molecule has 2 aliphatic rings. The fraction of sp³-hybridized carbons (Fsp3) is 0.688. The zero-order valence-corrected chi connectivity index (χ0v) is 13.4. The molecule has 0 spiro atoms. The molecule has 0 radical (unpaired) electrons. The Bertz CT molecular complexity index is 487. The number of unbranched alkanes of at least 4 members (excludes halogenated alkanes) is 1. The summed E-state index contributed by atoms with van der Waals surface area (Å²) < 4.78 is 20.8. The molecule has 2 saturated heterocycles. The highest BCUT2D eigenvalue weighted by Crippen LogP contribution is 2.43. The SMILES string of the molecule is C=CC(=O)OCC(=O)OC1OC2C(C)OC(=O)C2C1CCCC. The molecule has 128 valence electrons. The fourth-order valence-electron chi connectivity index (χ4n) is 3.02. The lowest BCUT2D eigenvalue weighted by atomic mass is 9.86. The number of fused-ring (bicyclic) bond motifs is 1. The molecule has 0 aromatic carbocycles. The van der Waals surface area contributed by atoms with Gasteiger partial charge in [-0.15, -0.1) is 0 Å². The van der Waals surface area contributed by atoms with Gasteiger partial charge < -0.3 is 18.9 Å². The molecule has 23 heavy (non-hydrogen) atoms. The highest BCUT2D eigenvalue weighted by atomic mass is 16.7. The van der Waals surface area contributed by atoms with Crippen LogP contribution in [0.1, 0.15) is 33.1 Å². The average Bonchev–Trinajstić information content (AvgIpc) is 3.01. The van der Waals surface area contributed by atoms with Crippen molar-refractivity contribution in [3.8, 4) is 0 Å². The minimum Gasteiger partial charge on any atom is -0.460 e. The van der Waals surface area contributed by atoms with E-state index in [1.54, 1.807) is 6.92 Å². The zero-order valence-electron chi connectivity index (χ0n) is 13.4. The Labute approximate surface area is 134 Å². The first-order valence-electron chi connectivity index (χ1n) is 7.82. The Morgan fingerprint density at radius 3 is 2.78 bits per heavy atom. The van der Waals surface area contributed by atoms with E-state index in [1.165, 1.54) is 0 Å². The Balaban J connectivity index is 1.98. The maximum absolute atomic E-state index is 12.0. The first-order chi connectivity index (χ1) is 11.0. The van der Waals surface area contributed by atoms with E-state index in [4.69, 9.17) is 14.2 Å². The minimum atomic E-state index is -0.818. The van der Waals surface area contributed by atoms with Crippen molar-refractivity contribution in [2.24, 2.45) is 11.8 Å². The molecule has 5 atom stereocenters. The fourth-order valence-corrected chi connectivity index (χ4v) is 3.02. The summed E-state index contributed by atoms with van der Waals surface area (Å²) in [6, 6.07) is 0. The lowest BCUT2D eigenvalue weighted by Crippen LogP contribution is -2.31. The third kappa shape index (κ3) is 3.90. The van der Waals surface area contributed by atoms with Crippen LogP contribution in [0.5, 0.6) is 0 Å². The van der Waals surface area contributed by atoms with Gasteiger partial charge in [0.05, 0.1) is 5.92 Å². The van der Waals surface area contributed by atoms with E-state index < -0.39 is 36.9 Å². The molecule has 2 fully saturated rings. The van der Waals surface area contributed by atoms with Gasteiger partial charge in [0, 0.05) is 12.0 Å². The number of rotatable bonds is 7. The molecule has 0 saturated carbocycles. The lowest BCUT2D eigenvalue weighted by molar-refractivity contribution is -0.194. The molecule has 0 amide bonds. The van der Waals surface area contributed by atoms with E-state index in [0.717, 1.165) is 18.9 Å². The topological polar surface area (TPSA) is 88.1 Å². The van der Waals surface area contributed by atoms with Crippen molar-refractivity contribution in [2.45, 2.75) is 51.6 Å². The maximum Gasteiger partial charge on any atom is 0.346 e. The van der Waals surface area contributed by atoms with Gasteiger partial charge in [-0.3, -0.25) is 4.79 Å². The first kappa shape index (κ1) is 17.5. The predicted molar refractivity (Wildman–Crippen MR) is 78.0 cm³/mol. The summed E-state index contributed by atoms with van der Waals surface area (Å²) in [5.74, 6) is -2.37. The second-order valence-electron chi connectivity index (χ2n) is 5.74. The van der Waals surface area contributed by atoms with E-state index in [2.05, 4.69) is 11.3 Å². The van der Waals surface area contributed by atoms with Gasteiger partial charge in [0.2, 0.25) is 6.29 Å². The molecule has 2 rings (SSSR count). The molecule has 0 aromatic heterocycles. The van der Waals surface area contributed by atoms with Gasteiger partial charge in [0.15, 0.2) is 6.61 Å². The van der Waals surface area contributed by atoms with Gasteiger partial charge in [-0.2, -0.15) is 0 Å². The molecule has 0 N–H and O–H groups in total. The second kappa shape index (κ2) is 7.59. The van der Waals surface area contributed by atoms with Gasteiger partial charge in [0.25, 0.3) is 0 Å². The van der Waals surface area contributed by atoms with Gasteiger partial charge in [-0.25, -0.2) is 9.59 Å². The summed E-state index contributed by atoms with van der Waals surface area (Å²) in [7, 11) is 0. The zero-order chi connectivity index (χ0) is 17.0. The van der Waals surface area contributed by atoms with E-state index in [1.807, 2.05) is 6.92 Å². The van der Waals surface area contributed by atoms with E-state index in [0.29, 0.717) is 6.42 Å². The minimum absolute atomic E-state index is 0.239. The van der Waals surface area contributed by atoms with Crippen LogP contribution in [0.2, 0.25) is 0 Å². The average molecular weight is 326 g/mol. The molecule has 7 heteroatoms. The molecular formula is C16H22O7. The second-order valence-corrected chi connectivity index (χ2v) is 5.74. The lowest BCUT2D eigenvalue weighted by Gasteiger charge is -2.21. The van der Waals surface area contributed by atoms with Crippen molar-refractivity contribution in [1.29, 1.82) is 0 Å². The van der Waals surface area contributed by atoms with E-state index in [9.17, 15) is 14.4 Å². The number of ether oxygens (including phenoxy) is 4. The van der Waals surface area contributed by atoms with E-state index in [-0.39, 0.29) is 18.0 Å². The number of esters is 3. The monoisotopic (exact) mass is 326 g/mol. The van der Waals surface area contributed by atoms with Crippen molar-refractivity contribution >= 4 is 17.9 Å². The summed E-state index contributed by atoms with van der Waals surface area (Å²) in [6.07, 6.45) is 1.92. The van der Waals surface area contributed by atoms with Crippen LogP contribution in [0.15, 0.2) is 12.7 Å². The molecule has 7 nitrogen and oxygen atoms in total. The largest absolute Gasteiger partial charge is 0.460 e. The third-order valence-electron chi connectivity index (χ3n) is 4.13. The van der Waals surface area contributed by atoms with Gasteiger partial charge in [0.1, 0.15) is 12.2 Å². The number of carbonyl (C=O) groups is 3. The Morgan fingerprint density at radius 2 is 2.13 bits per heavy atom. The van der Waals surface area contributed by atoms with Crippen molar-refractivity contribution in [3.63, 3.8) is 0 Å². The summed E-state index contributed by atoms with van der Waals surface area (Å²) in [4.78, 5) is 34.8. The Kier molecular flexibility index (Phi) is 5.76. The first-order valence-corrected chi connectivity index (χ1v) is 7.82. The molecule has 2 aliphatic heterocycles. The summed E-state index contributed by atoms with van der Waals surface area (Å²) >= 11 is 0. The number of hydrogen-bond donors (Lipinski definition) is 0. The number of carbonyl (C=O) groups excluding carboxylic acids is 3. The predicted octanol–water partition coefficient (Wildman–Crippen LogP) is 1.35. The van der Waals surface area contributed by atoms with Crippen molar-refractivity contribution in [1.82, 2.24) is 0 Å². The molecule has 2 heterocycles. The standard InChI is InChI=1S/C16H22O7/c1-4-6-7-10-13-14(9(3)21-15(13)19)23-16(10)22-12(18)8-20-11(17)5-2/h5,9-10,13-14,16H,2,4,6-8H2,1,3H3. The summed E-state index contributed by atoms with van der Waals surface area (Å²) in [6.45, 7) is 6.53. The summed E-state index contributed by atoms with van der Waals surface area (Å²) in [5.41, 5.74) is 0. The molecule has 0 aromatic rings. The number of cyclic esters (lactones) is 1. The van der Waals surface area contributed by atoms with Crippen molar-refractivity contribution < 1.29 is 33.3 Å². The smallest absolute Gasteiger partial charge is 0.346 e. The highest BCUT2D eigenvalue weighted by molar-refractivity contribution is 5.83. The number of hydrogen-bond acceptors (Lipinski definition) is 7. The van der Waals surface area contributed by atoms with E-state index >= 15 is 0 Å². The normalized spacial score (nSPS) is 32.1. The van der Waals surface area contributed by atoms with Crippen LogP contribution in [-0.2, 0) is 33.3 Å². The van der Waals surface area contributed by atoms with Gasteiger partial charge in [-0.1, -0.05) is 26.3 Å². The Morgan fingerprint density at radius 1 is 1.39 bits per heavy atom. The van der Waals surface area contributed by atoms with Crippen LogP contribution in [-0.4, -0.2) is 43.0 Å². The van der Waals surface area contributed by atoms with Crippen molar-refractivity contribution in [2.75, 3.05) is 6.61 Å².